The maximum atomic E-state index is 12.2. The Bertz CT molecular complexity index is 1160. The zero-order chi connectivity index (χ0) is 22.3. The highest BCUT2D eigenvalue weighted by Gasteiger charge is 2.25. The van der Waals surface area contributed by atoms with Crippen molar-refractivity contribution in [1.29, 1.82) is 0 Å². The summed E-state index contributed by atoms with van der Waals surface area (Å²) in [5, 5.41) is 4.85. The second-order valence-corrected chi connectivity index (χ2v) is 7.46. The van der Waals surface area contributed by atoms with Crippen molar-refractivity contribution in [3.63, 3.8) is 0 Å². The second kappa shape index (κ2) is 9.89. The Kier molecular flexibility index (Phi) is 6.57. The van der Waals surface area contributed by atoms with Gasteiger partial charge in [-0.15, -0.1) is 0 Å². The smallest absolute Gasteiger partial charge is 0.263 e. The fourth-order valence-corrected chi connectivity index (χ4v) is 3.28. The molecular weight excluding hydrogens is 424 g/mol. The van der Waals surface area contributed by atoms with Gasteiger partial charge in [-0.2, -0.15) is 0 Å². The van der Waals surface area contributed by atoms with Gasteiger partial charge >= 0.3 is 0 Å². The maximum Gasteiger partial charge on any atom is 0.263 e. The van der Waals surface area contributed by atoms with Crippen LogP contribution >= 0.6 is 12.2 Å². The van der Waals surface area contributed by atoms with Gasteiger partial charge in [0.05, 0.1) is 0 Å². The van der Waals surface area contributed by atoms with Gasteiger partial charge in [0.15, 0.2) is 16.6 Å². The van der Waals surface area contributed by atoms with Crippen LogP contribution in [0.2, 0.25) is 0 Å². The Labute approximate surface area is 190 Å². The minimum absolute atomic E-state index is 0.00584. The first-order valence-corrected chi connectivity index (χ1v) is 10.4. The molecule has 3 aromatic carbocycles. The lowest BCUT2D eigenvalue weighted by Crippen LogP contribution is -2.51. The number of thiocarbonyl (C=S) groups is 1. The minimum Gasteiger partial charge on any atom is -0.485 e. The van der Waals surface area contributed by atoms with Gasteiger partial charge in [-0.05, 0) is 47.1 Å². The molecule has 6 nitrogen and oxygen atoms in total. The van der Waals surface area contributed by atoms with E-state index < -0.39 is 11.8 Å². The standard InChI is InChI=1S/C25H20N2O4S/c28-23-20(24(29)27-25(32)26-23)13-19-11-12-21(30-15-17-7-3-1-4-8-17)22(14-19)31-16-18-9-5-2-6-10-18/h1-14H,15-16H2,(H2,26,27,28,29,32). The molecule has 1 saturated heterocycles. The maximum absolute atomic E-state index is 12.2. The summed E-state index contributed by atoms with van der Waals surface area (Å²) >= 11 is 4.84. The fraction of sp³-hybridized carbons (Fsp3) is 0.0800. The van der Waals surface area contributed by atoms with E-state index in [9.17, 15) is 9.59 Å². The normalized spacial score (nSPS) is 13.2. The van der Waals surface area contributed by atoms with Gasteiger partial charge in [0.25, 0.3) is 11.8 Å². The number of rotatable bonds is 7. The summed E-state index contributed by atoms with van der Waals surface area (Å²) in [7, 11) is 0. The van der Waals surface area contributed by atoms with Crippen molar-refractivity contribution in [2.75, 3.05) is 0 Å². The van der Waals surface area contributed by atoms with Gasteiger partial charge in [0.1, 0.15) is 18.8 Å². The van der Waals surface area contributed by atoms with E-state index in [1.54, 1.807) is 18.2 Å². The predicted molar refractivity (Wildman–Crippen MR) is 125 cm³/mol. The molecule has 3 aromatic rings. The highest BCUT2D eigenvalue weighted by atomic mass is 32.1. The van der Waals surface area contributed by atoms with Crippen LogP contribution in [0.1, 0.15) is 16.7 Å². The lowest BCUT2D eigenvalue weighted by Gasteiger charge is -2.17. The zero-order valence-electron chi connectivity index (χ0n) is 17.0. The summed E-state index contributed by atoms with van der Waals surface area (Å²) in [6, 6.07) is 24.8. The van der Waals surface area contributed by atoms with E-state index in [2.05, 4.69) is 10.6 Å². The molecule has 0 saturated carbocycles. The van der Waals surface area contributed by atoms with E-state index in [4.69, 9.17) is 21.7 Å². The molecule has 1 aliphatic heterocycles. The predicted octanol–water partition coefficient (Wildman–Crippen LogP) is 3.76. The van der Waals surface area contributed by atoms with Crippen LogP contribution in [0.25, 0.3) is 6.08 Å². The van der Waals surface area contributed by atoms with Gasteiger partial charge < -0.3 is 9.47 Å². The molecule has 0 aliphatic carbocycles. The van der Waals surface area contributed by atoms with Crippen molar-refractivity contribution >= 4 is 35.2 Å². The van der Waals surface area contributed by atoms with Gasteiger partial charge in [0.2, 0.25) is 0 Å². The first-order chi connectivity index (χ1) is 15.6. The van der Waals surface area contributed by atoms with Crippen LogP contribution < -0.4 is 20.1 Å². The topological polar surface area (TPSA) is 76.7 Å². The Morgan fingerprint density at radius 1 is 0.719 bits per heavy atom. The molecule has 0 radical (unpaired) electrons. The third-order valence-electron chi connectivity index (χ3n) is 4.70. The Hall–Kier alpha value is -3.97. The zero-order valence-corrected chi connectivity index (χ0v) is 17.9. The lowest BCUT2D eigenvalue weighted by atomic mass is 10.1. The number of amides is 2. The van der Waals surface area contributed by atoms with E-state index in [1.165, 1.54) is 6.08 Å². The van der Waals surface area contributed by atoms with Crippen LogP contribution in [0.4, 0.5) is 0 Å². The number of carbonyl (C=O) groups is 2. The number of nitrogens with one attached hydrogen (secondary N) is 2. The molecule has 0 atom stereocenters. The van der Waals surface area contributed by atoms with Crippen molar-refractivity contribution in [3.8, 4) is 11.5 Å². The van der Waals surface area contributed by atoms with Gasteiger partial charge in [-0.3, -0.25) is 20.2 Å². The third-order valence-corrected chi connectivity index (χ3v) is 4.90. The first-order valence-electron chi connectivity index (χ1n) is 9.94. The summed E-state index contributed by atoms with van der Waals surface area (Å²) in [6.07, 6.45) is 1.49. The molecular formula is C25H20N2O4S. The molecule has 0 aromatic heterocycles. The molecule has 0 bridgehead atoms. The molecule has 1 heterocycles. The van der Waals surface area contributed by atoms with Gasteiger partial charge in [0, 0.05) is 0 Å². The summed E-state index contributed by atoms with van der Waals surface area (Å²) in [6.45, 7) is 0.725. The van der Waals surface area contributed by atoms with E-state index in [0.29, 0.717) is 30.3 Å². The number of ether oxygens (including phenoxy) is 2. The van der Waals surface area contributed by atoms with E-state index >= 15 is 0 Å². The van der Waals surface area contributed by atoms with E-state index in [-0.39, 0.29) is 10.7 Å². The first kappa shape index (κ1) is 21.3. The quantitative estimate of drug-likeness (QED) is 0.330. The van der Waals surface area contributed by atoms with Gasteiger partial charge in [-0.1, -0.05) is 66.7 Å². The third kappa shape index (κ3) is 5.39. The fourth-order valence-electron chi connectivity index (χ4n) is 3.09. The minimum atomic E-state index is -0.546. The van der Waals surface area contributed by atoms with Crippen LogP contribution in [0, 0.1) is 0 Å². The summed E-state index contributed by atoms with van der Waals surface area (Å²) < 4.78 is 12.0. The molecule has 32 heavy (non-hydrogen) atoms. The number of benzene rings is 3. The number of hydrogen-bond acceptors (Lipinski definition) is 5. The molecule has 7 heteroatoms. The monoisotopic (exact) mass is 444 g/mol. The Morgan fingerprint density at radius 3 is 1.81 bits per heavy atom. The Balaban J connectivity index is 1.59. The average Bonchev–Trinajstić information content (AvgIpc) is 2.80. The van der Waals surface area contributed by atoms with Crippen LogP contribution in [-0.4, -0.2) is 16.9 Å². The van der Waals surface area contributed by atoms with Gasteiger partial charge in [-0.25, -0.2) is 0 Å². The van der Waals surface area contributed by atoms with Crippen LogP contribution in [0.15, 0.2) is 84.4 Å². The van der Waals surface area contributed by atoms with Crippen molar-refractivity contribution in [1.82, 2.24) is 10.6 Å². The van der Waals surface area contributed by atoms with Crippen molar-refractivity contribution in [2.24, 2.45) is 0 Å². The SMILES string of the molecule is O=C1NC(=S)NC(=O)C1=Cc1ccc(OCc2ccccc2)c(OCc2ccccc2)c1. The molecule has 160 valence electrons. The molecule has 2 amide bonds. The van der Waals surface area contributed by atoms with Crippen LogP contribution in [-0.2, 0) is 22.8 Å². The average molecular weight is 445 g/mol. The second-order valence-electron chi connectivity index (χ2n) is 7.05. The van der Waals surface area contributed by atoms with Crippen LogP contribution in [0.5, 0.6) is 11.5 Å². The van der Waals surface area contributed by atoms with Crippen molar-refractivity contribution in [3.05, 3.63) is 101 Å². The van der Waals surface area contributed by atoms with Crippen molar-refractivity contribution < 1.29 is 19.1 Å². The number of carbonyl (C=O) groups excluding carboxylic acids is 2. The van der Waals surface area contributed by atoms with E-state index in [0.717, 1.165) is 11.1 Å². The summed E-state index contributed by atoms with van der Waals surface area (Å²) in [5.41, 5.74) is 2.61. The highest BCUT2D eigenvalue weighted by Crippen LogP contribution is 2.31. The summed E-state index contributed by atoms with van der Waals surface area (Å²) in [5.74, 6) is -0.0262. The lowest BCUT2D eigenvalue weighted by molar-refractivity contribution is -0.123. The molecule has 0 spiro atoms. The number of hydrogen-bond donors (Lipinski definition) is 2. The molecule has 0 unspecified atom stereocenters. The summed E-state index contributed by atoms with van der Waals surface area (Å²) in [4.78, 5) is 24.3. The van der Waals surface area contributed by atoms with Crippen molar-refractivity contribution in [2.45, 2.75) is 13.2 Å². The molecule has 1 fully saturated rings. The molecule has 4 rings (SSSR count). The largest absolute Gasteiger partial charge is 0.485 e. The van der Waals surface area contributed by atoms with Crippen LogP contribution in [0.3, 0.4) is 0 Å². The Morgan fingerprint density at radius 2 is 1.25 bits per heavy atom. The van der Waals surface area contributed by atoms with E-state index in [1.807, 2.05) is 60.7 Å². The highest BCUT2D eigenvalue weighted by molar-refractivity contribution is 7.80. The molecule has 2 N–H and O–H groups in total. The molecule has 1 aliphatic rings.